The number of nitrogens with zero attached hydrogens (tertiary/aromatic N) is 1. The minimum Gasteiger partial charge on any atom is -0.446 e. The number of furan rings is 1. The lowest BCUT2D eigenvalue weighted by Crippen LogP contribution is -2.14. The minimum absolute atomic E-state index is 0.144. The fraction of sp³-hybridized carbons (Fsp3) is 0.286. The Hall–Kier alpha value is -1.99. The van der Waals surface area contributed by atoms with Gasteiger partial charge in [0, 0.05) is 19.8 Å². The number of nitrogens with two attached hydrogens (primary N) is 1. The van der Waals surface area contributed by atoms with Crippen LogP contribution in [0.2, 0.25) is 0 Å². The summed E-state index contributed by atoms with van der Waals surface area (Å²) in [6.07, 6.45) is 0. The molecular weight excluding hydrogens is 290 g/mol. The number of hydrogen-bond donors (Lipinski definition) is 2. The van der Waals surface area contributed by atoms with Crippen molar-refractivity contribution in [2.75, 3.05) is 23.7 Å². The van der Waals surface area contributed by atoms with E-state index < -0.39 is 10.0 Å². The summed E-state index contributed by atoms with van der Waals surface area (Å²) in [5.41, 5.74) is 7.90. The zero-order valence-corrected chi connectivity index (χ0v) is 13.1. The van der Waals surface area contributed by atoms with Gasteiger partial charge in [-0.05, 0) is 36.8 Å². The van der Waals surface area contributed by atoms with Gasteiger partial charge in [0.25, 0.3) is 10.0 Å². The number of benzene rings is 1. The zero-order chi connectivity index (χ0) is 15.6. The van der Waals surface area contributed by atoms with Crippen molar-refractivity contribution in [2.24, 2.45) is 5.73 Å². The molecule has 1 aromatic heterocycles. The molecule has 0 unspecified atom stereocenters. The van der Waals surface area contributed by atoms with Crippen molar-refractivity contribution in [1.82, 2.24) is 0 Å². The maximum absolute atomic E-state index is 12.2. The molecule has 3 N–H and O–H groups in total. The predicted molar refractivity (Wildman–Crippen MR) is 82.9 cm³/mol. The average Bonchev–Trinajstić information content (AvgIpc) is 2.90. The average molecular weight is 309 g/mol. The summed E-state index contributed by atoms with van der Waals surface area (Å²) in [6.45, 7) is 2.12. The fourth-order valence-electron chi connectivity index (χ4n) is 1.97. The van der Waals surface area contributed by atoms with Gasteiger partial charge in [0.05, 0.1) is 12.2 Å². The largest absolute Gasteiger partial charge is 0.446 e. The van der Waals surface area contributed by atoms with Crippen molar-refractivity contribution in [2.45, 2.75) is 18.6 Å². The Balaban J connectivity index is 2.30. The lowest BCUT2D eigenvalue weighted by Gasteiger charge is -2.17. The molecule has 0 aliphatic rings. The predicted octanol–water partition coefficient (Wildman–Crippen LogP) is 1.91. The molecule has 0 saturated carbocycles. The van der Waals surface area contributed by atoms with Crippen LogP contribution >= 0.6 is 0 Å². The summed E-state index contributed by atoms with van der Waals surface area (Å²) in [4.78, 5) is 1.92. The van der Waals surface area contributed by atoms with Crippen LogP contribution in [0.1, 0.15) is 11.3 Å². The molecule has 0 bridgehead atoms. The Labute approximate surface area is 124 Å². The summed E-state index contributed by atoms with van der Waals surface area (Å²) >= 11 is 0. The molecule has 6 nitrogen and oxygen atoms in total. The summed E-state index contributed by atoms with van der Waals surface area (Å²) in [7, 11) is 0.0582. The highest BCUT2D eigenvalue weighted by atomic mass is 32.2. The van der Waals surface area contributed by atoms with E-state index in [9.17, 15) is 8.42 Å². The maximum atomic E-state index is 12.2. The Morgan fingerprint density at radius 1 is 1.24 bits per heavy atom. The SMILES string of the molecule is Cc1ccc(NS(=O)(=O)c2ccc(CN)o2)cc1N(C)C. The van der Waals surface area contributed by atoms with Gasteiger partial charge in [0.1, 0.15) is 5.76 Å². The Bertz CT molecular complexity index is 736. The Morgan fingerprint density at radius 2 is 1.95 bits per heavy atom. The standard InChI is InChI=1S/C14H19N3O3S/c1-10-4-5-11(8-13(10)17(2)3)16-21(18,19)14-7-6-12(9-15)20-14/h4-8,16H,9,15H2,1-3H3. The van der Waals surface area contributed by atoms with Crippen molar-refractivity contribution in [3.63, 3.8) is 0 Å². The molecule has 1 aromatic carbocycles. The summed E-state index contributed by atoms with van der Waals surface area (Å²) in [5.74, 6) is 0.424. The van der Waals surface area contributed by atoms with E-state index in [0.29, 0.717) is 11.4 Å². The van der Waals surface area contributed by atoms with Crippen LogP contribution in [0, 0.1) is 6.92 Å². The highest BCUT2D eigenvalue weighted by Gasteiger charge is 2.19. The van der Waals surface area contributed by atoms with Gasteiger partial charge in [0.15, 0.2) is 0 Å². The topological polar surface area (TPSA) is 88.6 Å². The van der Waals surface area contributed by atoms with Crippen LogP contribution in [0.5, 0.6) is 0 Å². The van der Waals surface area contributed by atoms with E-state index in [0.717, 1.165) is 11.3 Å². The lowest BCUT2D eigenvalue weighted by atomic mass is 10.2. The molecule has 0 aliphatic carbocycles. The van der Waals surface area contributed by atoms with Gasteiger partial charge < -0.3 is 15.1 Å². The van der Waals surface area contributed by atoms with Crippen molar-refractivity contribution in [3.05, 3.63) is 41.7 Å². The monoisotopic (exact) mass is 309 g/mol. The summed E-state index contributed by atoms with van der Waals surface area (Å²) in [6, 6.07) is 8.30. The van der Waals surface area contributed by atoms with Crippen molar-refractivity contribution >= 4 is 21.4 Å². The van der Waals surface area contributed by atoms with E-state index in [1.54, 1.807) is 18.2 Å². The van der Waals surface area contributed by atoms with E-state index in [-0.39, 0.29) is 11.6 Å². The lowest BCUT2D eigenvalue weighted by molar-refractivity contribution is 0.417. The molecule has 0 atom stereocenters. The van der Waals surface area contributed by atoms with E-state index in [2.05, 4.69) is 4.72 Å². The first kappa shape index (κ1) is 15.4. The first-order valence-corrected chi connectivity index (χ1v) is 7.91. The third-order valence-corrected chi connectivity index (χ3v) is 4.30. The highest BCUT2D eigenvalue weighted by molar-refractivity contribution is 7.92. The number of rotatable bonds is 5. The van der Waals surface area contributed by atoms with Crippen LogP contribution in [-0.2, 0) is 16.6 Å². The van der Waals surface area contributed by atoms with Gasteiger partial charge in [-0.3, -0.25) is 4.72 Å². The molecule has 114 valence electrons. The normalized spacial score (nSPS) is 11.4. The Morgan fingerprint density at radius 3 is 2.52 bits per heavy atom. The molecule has 0 aliphatic heterocycles. The van der Waals surface area contributed by atoms with Crippen LogP contribution in [0.3, 0.4) is 0 Å². The van der Waals surface area contributed by atoms with Gasteiger partial charge >= 0.3 is 0 Å². The fourth-order valence-corrected chi connectivity index (χ4v) is 2.97. The second-order valence-electron chi connectivity index (χ2n) is 4.93. The molecule has 0 fully saturated rings. The molecule has 2 aromatic rings. The molecular formula is C14H19N3O3S. The van der Waals surface area contributed by atoms with Gasteiger partial charge in [-0.15, -0.1) is 0 Å². The van der Waals surface area contributed by atoms with Gasteiger partial charge in [0.2, 0.25) is 5.09 Å². The van der Waals surface area contributed by atoms with E-state index in [1.165, 1.54) is 6.07 Å². The van der Waals surface area contributed by atoms with Crippen molar-refractivity contribution in [3.8, 4) is 0 Å². The van der Waals surface area contributed by atoms with E-state index in [4.69, 9.17) is 10.2 Å². The van der Waals surface area contributed by atoms with E-state index in [1.807, 2.05) is 32.0 Å². The van der Waals surface area contributed by atoms with E-state index >= 15 is 0 Å². The van der Waals surface area contributed by atoms with Crippen molar-refractivity contribution in [1.29, 1.82) is 0 Å². The van der Waals surface area contributed by atoms with Gasteiger partial charge in [-0.2, -0.15) is 8.42 Å². The molecule has 0 spiro atoms. The number of sulfonamides is 1. The second-order valence-corrected chi connectivity index (χ2v) is 6.54. The third-order valence-electron chi connectivity index (χ3n) is 3.05. The molecule has 0 radical (unpaired) electrons. The van der Waals surface area contributed by atoms with Gasteiger partial charge in [-0.25, -0.2) is 0 Å². The number of aryl methyl sites for hydroxylation is 1. The highest BCUT2D eigenvalue weighted by Crippen LogP contribution is 2.25. The first-order chi connectivity index (χ1) is 9.83. The second kappa shape index (κ2) is 5.79. The molecule has 0 amide bonds. The quantitative estimate of drug-likeness (QED) is 0.881. The van der Waals surface area contributed by atoms with Crippen LogP contribution in [-0.4, -0.2) is 22.5 Å². The maximum Gasteiger partial charge on any atom is 0.295 e. The first-order valence-electron chi connectivity index (χ1n) is 6.43. The summed E-state index contributed by atoms with van der Waals surface area (Å²) < 4.78 is 32.2. The smallest absolute Gasteiger partial charge is 0.295 e. The molecule has 0 saturated heterocycles. The van der Waals surface area contributed by atoms with Crippen LogP contribution in [0.25, 0.3) is 0 Å². The molecule has 7 heteroatoms. The third kappa shape index (κ3) is 3.37. The molecule has 1 heterocycles. The molecule has 2 rings (SSSR count). The number of nitrogens with one attached hydrogen (secondary N) is 1. The van der Waals surface area contributed by atoms with Crippen LogP contribution in [0.4, 0.5) is 11.4 Å². The number of anilines is 2. The minimum atomic E-state index is -3.75. The number of hydrogen-bond acceptors (Lipinski definition) is 5. The zero-order valence-electron chi connectivity index (χ0n) is 12.3. The Kier molecular flexibility index (Phi) is 4.24. The van der Waals surface area contributed by atoms with Crippen molar-refractivity contribution < 1.29 is 12.8 Å². The van der Waals surface area contributed by atoms with Gasteiger partial charge in [-0.1, -0.05) is 6.07 Å². The summed E-state index contributed by atoms with van der Waals surface area (Å²) in [5, 5.41) is -0.144. The van der Waals surface area contributed by atoms with Crippen LogP contribution < -0.4 is 15.4 Å². The van der Waals surface area contributed by atoms with Crippen LogP contribution in [0.15, 0.2) is 39.8 Å². The molecule has 21 heavy (non-hydrogen) atoms.